The Hall–Kier alpha value is -1.52. The van der Waals surface area contributed by atoms with Gasteiger partial charge in [0.05, 0.1) is 6.54 Å². The third-order valence-electron chi connectivity index (χ3n) is 1.58. The Labute approximate surface area is 91.0 Å². The standard InChI is InChI=1S/C8H12N3.BF4/c1-2-3-4-10-5-6-11(7-9)8-10;2-1(3,4)5/h5-6,8H,2-4H2,1H3;/q+1;-1. The van der Waals surface area contributed by atoms with Gasteiger partial charge in [-0.2, -0.15) is 0 Å². The molecule has 0 atom stereocenters. The number of aryl methyl sites for hydroxylation is 1. The molecule has 0 aliphatic rings. The van der Waals surface area contributed by atoms with Crippen molar-refractivity contribution in [3.8, 4) is 6.19 Å². The third-order valence-corrected chi connectivity index (χ3v) is 1.58. The van der Waals surface area contributed by atoms with Crippen molar-refractivity contribution in [2.24, 2.45) is 0 Å². The molecule has 0 saturated heterocycles. The Balaban J connectivity index is 0.000000385. The van der Waals surface area contributed by atoms with Crippen LogP contribution in [-0.4, -0.2) is 11.8 Å². The van der Waals surface area contributed by atoms with E-state index in [1.807, 2.05) is 17.0 Å². The quantitative estimate of drug-likeness (QED) is 0.450. The number of unbranched alkanes of at least 4 members (excludes halogenated alkanes) is 1. The summed E-state index contributed by atoms with van der Waals surface area (Å²) in [7, 11) is -6.00. The maximum absolute atomic E-state index is 9.75. The van der Waals surface area contributed by atoms with Gasteiger partial charge >= 0.3 is 7.25 Å². The number of rotatable bonds is 3. The van der Waals surface area contributed by atoms with Crippen LogP contribution in [0.25, 0.3) is 0 Å². The van der Waals surface area contributed by atoms with Gasteiger partial charge in [-0.3, -0.25) is 0 Å². The van der Waals surface area contributed by atoms with Crippen LogP contribution < -0.4 is 4.57 Å². The summed E-state index contributed by atoms with van der Waals surface area (Å²) in [5.41, 5.74) is 0. The van der Waals surface area contributed by atoms with Crippen LogP contribution in [0.1, 0.15) is 19.8 Å². The number of nitriles is 1. The second-order valence-corrected chi connectivity index (χ2v) is 3.01. The Morgan fingerprint density at radius 2 is 1.94 bits per heavy atom. The Morgan fingerprint density at radius 3 is 2.31 bits per heavy atom. The SMILES string of the molecule is CCCC[n+]1ccn(C#N)c1.F[B-](F)(F)F. The molecule has 3 nitrogen and oxygen atoms in total. The van der Waals surface area contributed by atoms with Gasteiger partial charge in [0, 0.05) is 0 Å². The van der Waals surface area contributed by atoms with Gasteiger partial charge in [0.1, 0.15) is 12.4 Å². The lowest BCUT2D eigenvalue weighted by Gasteiger charge is -1.94. The summed E-state index contributed by atoms with van der Waals surface area (Å²) in [5, 5.41) is 8.48. The molecule has 0 fully saturated rings. The lowest BCUT2D eigenvalue weighted by Crippen LogP contribution is -2.30. The fraction of sp³-hybridized carbons (Fsp3) is 0.500. The smallest absolute Gasteiger partial charge is 0.418 e. The second-order valence-electron chi connectivity index (χ2n) is 3.01. The average molecular weight is 237 g/mol. The number of hydrogen-bond acceptors (Lipinski definition) is 1. The Bertz CT molecular complexity index is 336. The van der Waals surface area contributed by atoms with Crippen LogP contribution in [0.2, 0.25) is 0 Å². The summed E-state index contributed by atoms with van der Waals surface area (Å²) in [4.78, 5) is 0. The highest BCUT2D eigenvalue weighted by atomic mass is 19.5. The summed E-state index contributed by atoms with van der Waals surface area (Å²) in [6, 6.07) is 0. The molecule has 0 aromatic carbocycles. The van der Waals surface area contributed by atoms with Crippen molar-refractivity contribution in [3.63, 3.8) is 0 Å². The van der Waals surface area contributed by atoms with E-state index in [1.165, 1.54) is 17.4 Å². The van der Waals surface area contributed by atoms with Crippen LogP contribution >= 0.6 is 0 Å². The minimum absolute atomic E-state index is 1.01. The van der Waals surface area contributed by atoms with Gasteiger partial charge in [0.15, 0.2) is 0 Å². The molecule has 0 spiro atoms. The van der Waals surface area contributed by atoms with E-state index in [0.717, 1.165) is 6.54 Å². The minimum atomic E-state index is -6.00. The van der Waals surface area contributed by atoms with E-state index in [9.17, 15) is 17.3 Å². The van der Waals surface area contributed by atoms with Gasteiger partial charge in [0.25, 0.3) is 12.5 Å². The van der Waals surface area contributed by atoms with E-state index < -0.39 is 7.25 Å². The molecule has 16 heavy (non-hydrogen) atoms. The van der Waals surface area contributed by atoms with Crippen molar-refractivity contribution in [1.82, 2.24) is 4.57 Å². The lowest BCUT2D eigenvalue weighted by atomic mass is 10.3. The van der Waals surface area contributed by atoms with Crippen molar-refractivity contribution < 1.29 is 21.8 Å². The number of hydrogen-bond donors (Lipinski definition) is 0. The largest absolute Gasteiger partial charge is 0.673 e. The first-order valence-electron chi connectivity index (χ1n) is 4.71. The molecule has 0 aliphatic carbocycles. The first-order valence-corrected chi connectivity index (χ1v) is 4.71. The van der Waals surface area contributed by atoms with Crippen LogP contribution in [-0.2, 0) is 6.54 Å². The van der Waals surface area contributed by atoms with Crippen LogP contribution in [0.4, 0.5) is 17.3 Å². The maximum Gasteiger partial charge on any atom is 0.673 e. The molecule has 1 aromatic heterocycles. The first kappa shape index (κ1) is 14.5. The zero-order valence-corrected chi connectivity index (χ0v) is 8.78. The van der Waals surface area contributed by atoms with Crippen molar-refractivity contribution in [3.05, 3.63) is 18.7 Å². The summed E-state index contributed by atoms with van der Waals surface area (Å²) in [6.45, 7) is 3.16. The highest BCUT2D eigenvalue weighted by Crippen LogP contribution is 2.06. The molecule has 1 heterocycles. The normalized spacial score (nSPS) is 10.2. The molecule has 0 saturated carbocycles. The highest BCUT2D eigenvalue weighted by Gasteiger charge is 2.20. The molecular formula is C8H12BF4N3. The molecule has 1 aromatic rings. The molecular weight excluding hydrogens is 225 g/mol. The van der Waals surface area contributed by atoms with E-state index in [1.54, 1.807) is 12.5 Å². The topological polar surface area (TPSA) is 32.6 Å². The van der Waals surface area contributed by atoms with Crippen LogP contribution in [0.15, 0.2) is 18.7 Å². The van der Waals surface area contributed by atoms with Crippen LogP contribution in [0.3, 0.4) is 0 Å². The maximum atomic E-state index is 9.75. The molecule has 90 valence electrons. The van der Waals surface area contributed by atoms with Crippen LogP contribution in [0, 0.1) is 11.5 Å². The van der Waals surface area contributed by atoms with Crippen molar-refractivity contribution >= 4 is 7.25 Å². The average Bonchev–Trinajstić information content (AvgIpc) is 2.59. The zero-order valence-electron chi connectivity index (χ0n) is 8.78. The Kier molecular flexibility index (Phi) is 6.22. The number of halogens is 4. The minimum Gasteiger partial charge on any atom is -0.418 e. The van der Waals surface area contributed by atoms with Gasteiger partial charge in [-0.1, -0.05) is 13.3 Å². The number of nitrogens with zero attached hydrogens (tertiary/aromatic N) is 3. The fourth-order valence-electron chi connectivity index (χ4n) is 0.926. The van der Waals surface area contributed by atoms with E-state index in [0.29, 0.717) is 0 Å². The predicted molar refractivity (Wildman–Crippen MR) is 50.7 cm³/mol. The van der Waals surface area contributed by atoms with Gasteiger partial charge in [0.2, 0.25) is 0 Å². The molecule has 0 aliphatic heterocycles. The van der Waals surface area contributed by atoms with E-state index >= 15 is 0 Å². The Morgan fingerprint density at radius 1 is 1.38 bits per heavy atom. The van der Waals surface area contributed by atoms with Gasteiger partial charge in [-0.15, -0.1) is 9.83 Å². The monoisotopic (exact) mass is 237 g/mol. The molecule has 0 N–H and O–H groups in total. The number of aromatic nitrogens is 2. The van der Waals surface area contributed by atoms with E-state index in [2.05, 4.69) is 6.92 Å². The van der Waals surface area contributed by atoms with Gasteiger partial charge < -0.3 is 17.3 Å². The fourth-order valence-corrected chi connectivity index (χ4v) is 0.926. The van der Waals surface area contributed by atoms with Crippen molar-refractivity contribution in [2.45, 2.75) is 26.3 Å². The number of imidazole rings is 1. The molecule has 0 bridgehead atoms. The molecule has 8 heteroatoms. The second kappa shape index (κ2) is 6.88. The highest BCUT2D eigenvalue weighted by molar-refractivity contribution is 6.50. The molecule has 1 rings (SSSR count). The van der Waals surface area contributed by atoms with E-state index in [4.69, 9.17) is 5.26 Å². The van der Waals surface area contributed by atoms with Crippen molar-refractivity contribution in [2.75, 3.05) is 0 Å². The van der Waals surface area contributed by atoms with Gasteiger partial charge in [-0.25, -0.2) is 4.57 Å². The lowest BCUT2D eigenvalue weighted by molar-refractivity contribution is -0.696. The van der Waals surface area contributed by atoms with E-state index in [-0.39, 0.29) is 0 Å². The molecule has 0 unspecified atom stereocenters. The summed E-state index contributed by atoms with van der Waals surface area (Å²) in [6.07, 6.45) is 9.85. The predicted octanol–water partition coefficient (Wildman–Crippen LogP) is 2.20. The summed E-state index contributed by atoms with van der Waals surface area (Å²) in [5.74, 6) is 0. The van der Waals surface area contributed by atoms with Crippen molar-refractivity contribution in [1.29, 1.82) is 5.26 Å². The third kappa shape index (κ3) is 9.06. The summed E-state index contributed by atoms with van der Waals surface area (Å²) < 4.78 is 42.5. The van der Waals surface area contributed by atoms with Gasteiger partial charge in [-0.05, 0) is 6.42 Å². The molecule has 0 radical (unpaired) electrons. The molecule has 0 amide bonds. The first-order chi connectivity index (χ1) is 7.36. The van der Waals surface area contributed by atoms with Crippen LogP contribution in [0.5, 0.6) is 0 Å². The zero-order chi connectivity index (χ0) is 12.6. The summed E-state index contributed by atoms with van der Waals surface area (Å²) >= 11 is 0.